The Morgan fingerprint density at radius 1 is 1.17 bits per heavy atom. The molecule has 2 aliphatic rings. The van der Waals surface area contributed by atoms with E-state index < -0.39 is 5.60 Å². The van der Waals surface area contributed by atoms with Crippen molar-refractivity contribution in [1.29, 1.82) is 0 Å². The quantitative estimate of drug-likeness (QED) is 0.283. The van der Waals surface area contributed by atoms with Crippen molar-refractivity contribution in [2.24, 2.45) is 17.1 Å². The van der Waals surface area contributed by atoms with Crippen LogP contribution >= 0.6 is 35.8 Å². The maximum Gasteiger partial charge on any atom is 0.230 e. The molecule has 3 aromatic rings. The van der Waals surface area contributed by atoms with Gasteiger partial charge in [-0.1, -0.05) is 30.3 Å². The summed E-state index contributed by atoms with van der Waals surface area (Å²) in [5.41, 5.74) is 5.48. The summed E-state index contributed by atoms with van der Waals surface area (Å²) >= 11 is 8.06. The number of piperidine rings is 1. The van der Waals surface area contributed by atoms with Gasteiger partial charge in [-0.15, -0.1) is 12.4 Å². The van der Waals surface area contributed by atoms with Gasteiger partial charge in [-0.3, -0.25) is 4.79 Å². The number of carbonyl (C=O) groups excluding carboxylic acids is 1. The van der Waals surface area contributed by atoms with E-state index in [9.17, 15) is 9.90 Å². The summed E-state index contributed by atoms with van der Waals surface area (Å²) in [7, 11) is 0. The molecule has 0 unspecified atom stereocenters. The molecule has 3 aromatic heterocycles. The molecule has 0 amide bonds. The third-order valence-electron chi connectivity index (χ3n) is 7.63. The molecule has 2 fully saturated rings. The van der Waals surface area contributed by atoms with Crippen molar-refractivity contribution < 1.29 is 9.90 Å². The van der Waals surface area contributed by atoms with Crippen molar-refractivity contribution in [3.05, 3.63) is 41.9 Å². The molecule has 1 saturated heterocycles. The Morgan fingerprint density at radius 3 is 2.54 bits per heavy atom. The standard InChI is InChI=1S/C27H34ClN9O2S.ClH/c1-16-17(38)12-27(23(16)29)6-10-37(11-7-27)20-13-33-21(14-32-20)40-18-4-8-30-24(22(18)28)36-25-31-9-5-19(35-25)34-15-26(2,3)39;/h4-5,8-9,13-14,16,23,39H,6-7,10-12,15,29H2,1-3H3,(H2,30,31,34,35,36);1H/t16-,23+;/m1./s1. The Bertz CT molecular complexity index is 1370. The van der Waals surface area contributed by atoms with E-state index in [0.29, 0.717) is 40.6 Å². The molecular weight excluding hydrogens is 585 g/mol. The van der Waals surface area contributed by atoms with E-state index in [4.69, 9.17) is 17.3 Å². The fourth-order valence-corrected chi connectivity index (χ4v) is 6.23. The number of nitrogens with zero attached hydrogens (tertiary/aromatic N) is 6. The lowest BCUT2D eigenvalue weighted by molar-refractivity contribution is -0.120. The molecule has 14 heteroatoms. The van der Waals surface area contributed by atoms with Crippen molar-refractivity contribution in [2.75, 3.05) is 35.2 Å². The molecule has 11 nitrogen and oxygen atoms in total. The Morgan fingerprint density at radius 2 is 1.90 bits per heavy atom. The van der Waals surface area contributed by atoms with Crippen LogP contribution in [-0.4, -0.2) is 67.1 Å². The number of aliphatic hydroxyl groups is 1. The number of halogens is 2. The first kappa shape index (κ1) is 31.2. The van der Waals surface area contributed by atoms with Crippen LogP contribution in [0.5, 0.6) is 0 Å². The summed E-state index contributed by atoms with van der Waals surface area (Å²) in [6.45, 7) is 7.32. The van der Waals surface area contributed by atoms with Crippen LogP contribution in [0.15, 0.2) is 46.8 Å². The predicted molar refractivity (Wildman–Crippen MR) is 163 cm³/mol. The average Bonchev–Trinajstić information content (AvgIpc) is 3.13. The summed E-state index contributed by atoms with van der Waals surface area (Å²) in [4.78, 5) is 37.5. The second-order valence-corrected chi connectivity index (χ2v) is 12.6. The van der Waals surface area contributed by atoms with Crippen molar-refractivity contribution in [1.82, 2.24) is 24.9 Å². The molecule has 5 rings (SSSR count). The van der Waals surface area contributed by atoms with Gasteiger partial charge in [0.05, 0.1) is 23.0 Å². The first-order chi connectivity index (χ1) is 19.0. The van der Waals surface area contributed by atoms with E-state index in [-0.39, 0.29) is 35.6 Å². The topological polar surface area (TPSA) is 155 Å². The van der Waals surface area contributed by atoms with Crippen molar-refractivity contribution >= 4 is 65.0 Å². The first-order valence-corrected chi connectivity index (χ1v) is 14.5. The number of ketones is 1. The summed E-state index contributed by atoms with van der Waals surface area (Å²) < 4.78 is 0. The number of nitrogens with one attached hydrogen (secondary N) is 2. The minimum absolute atomic E-state index is 0. The SMILES string of the molecule is C[C@@H]1C(=O)CC2(CCN(c3cnc(Sc4ccnc(Nc5nccc(NCC(C)(C)O)n5)c4Cl)cn3)CC2)[C@H]1N.Cl. The molecule has 0 aromatic carbocycles. The molecule has 4 heterocycles. The molecule has 1 aliphatic carbocycles. The van der Waals surface area contributed by atoms with Crippen LogP contribution in [0, 0.1) is 11.3 Å². The minimum atomic E-state index is -0.878. The number of hydrogen-bond acceptors (Lipinski definition) is 12. The lowest BCUT2D eigenvalue weighted by Gasteiger charge is -2.42. The Kier molecular flexibility index (Phi) is 9.59. The summed E-state index contributed by atoms with van der Waals surface area (Å²) in [6, 6.07) is 3.46. The van der Waals surface area contributed by atoms with E-state index in [0.717, 1.165) is 36.6 Å². The zero-order valence-corrected chi connectivity index (χ0v) is 25.6. The number of nitrogens with two attached hydrogens (primary N) is 1. The maximum atomic E-state index is 12.2. The van der Waals surface area contributed by atoms with Crippen LogP contribution in [0.4, 0.5) is 23.4 Å². The van der Waals surface area contributed by atoms with Crippen LogP contribution < -0.4 is 21.3 Å². The van der Waals surface area contributed by atoms with E-state index in [1.807, 2.05) is 13.0 Å². The van der Waals surface area contributed by atoms with Gasteiger partial charge in [-0.2, -0.15) is 4.98 Å². The molecule has 220 valence electrons. The first-order valence-electron chi connectivity index (χ1n) is 13.3. The van der Waals surface area contributed by atoms with E-state index in [1.54, 1.807) is 44.7 Å². The van der Waals surface area contributed by atoms with Gasteiger partial charge in [0.25, 0.3) is 0 Å². The fourth-order valence-electron chi connectivity index (χ4n) is 5.21. The van der Waals surface area contributed by atoms with Gasteiger partial charge in [-0.05, 0) is 44.2 Å². The van der Waals surface area contributed by atoms with Crippen LogP contribution in [0.25, 0.3) is 0 Å². The summed E-state index contributed by atoms with van der Waals surface area (Å²) in [6.07, 6.45) is 9.12. The highest BCUT2D eigenvalue weighted by molar-refractivity contribution is 7.99. The van der Waals surface area contributed by atoms with Crippen LogP contribution in [0.2, 0.25) is 5.02 Å². The molecule has 0 bridgehead atoms. The zero-order valence-electron chi connectivity index (χ0n) is 23.2. The Hall–Kier alpha value is -2.77. The molecule has 2 atom stereocenters. The second-order valence-electron chi connectivity index (χ2n) is 11.2. The molecule has 1 saturated carbocycles. The molecule has 0 radical (unpaired) electrons. The van der Waals surface area contributed by atoms with Crippen molar-refractivity contribution in [3.8, 4) is 0 Å². The number of anilines is 4. The third-order valence-corrected chi connectivity index (χ3v) is 9.11. The molecule has 1 spiro atoms. The molecule has 5 N–H and O–H groups in total. The average molecular weight is 621 g/mol. The molecule has 41 heavy (non-hydrogen) atoms. The maximum absolute atomic E-state index is 12.2. The summed E-state index contributed by atoms with van der Waals surface area (Å²) in [5, 5.41) is 17.2. The van der Waals surface area contributed by atoms with Gasteiger partial charge in [-0.25, -0.2) is 19.9 Å². The van der Waals surface area contributed by atoms with Gasteiger partial charge < -0.3 is 26.4 Å². The monoisotopic (exact) mass is 619 g/mol. The highest BCUT2D eigenvalue weighted by atomic mass is 35.5. The second kappa shape index (κ2) is 12.6. The van der Waals surface area contributed by atoms with Crippen molar-refractivity contribution in [2.45, 2.75) is 61.6 Å². The molecule has 1 aliphatic heterocycles. The normalized spacial score (nSPS) is 20.1. The number of pyridine rings is 1. The van der Waals surface area contributed by atoms with Gasteiger partial charge >= 0.3 is 0 Å². The zero-order chi connectivity index (χ0) is 28.5. The van der Waals surface area contributed by atoms with E-state index in [2.05, 4.69) is 40.5 Å². The number of carbonyl (C=O) groups is 1. The van der Waals surface area contributed by atoms with Crippen LogP contribution in [0.1, 0.15) is 40.0 Å². The minimum Gasteiger partial charge on any atom is -0.389 e. The van der Waals surface area contributed by atoms with Crippen LogP contribution in [0.3, 0.4) is 0 Å². The van der Waals surface area contributed by atoms with Crippen LogP contribution in [-0.2, 0) is 4.79 Å². The Labute approximate surface area is 254 Å². The van der Waals surface area contributed by atoms with Gasteiger partial charge in [0.1, 0.15) is 22.4 Å². The lowest BCUT2D eigenvalue weighted by atomic mass is 9.73. The largest absolute Gasteiger partial charge is 0.389 e. The highest BCUT2D eigenvalue weighted by Gasteiger charge is 2.50. The van der Waals surface area contributed by atoms with Gasteiger partial charge in [0.15, 0.2) is 5.82 Å². The van der Waals surface area contributed by atoms with E-state index >= 15 is 0 Å². The molecular formula is C27H35Cl2N9O2S. The van der Waals surface area contributed by atoms with Gasteiger partial charge in [0, 0.05) is 55.3 Å². The highest BCUT2D eigenvalue weighted by Crippen LogP contribution is 2.46. The number of rotatable bonds is 8. The number of hydrogen-bond donors (Lipinski definition) is 4. The van der Waals surface area contributed by atoms with Gasteiger partial charge in [0.2, 0.25) is 5.95 Å². The fraction of sp³-hybridized carbons (Fsp3) is 0.481. The third kappa shape index (κ3) is 7.18. The van der Waals surface area contributed by atoms with Crippen molar-refractivity contribution in [3.63, 3.8) is 0 Å². The number of aromatic nitrogens is 5. The Balaban J connectivity index is 0.00000387. The lowest BCUT2D eigenvalue weighted by Crippen LogP contribution is -2.48. The predicted octanol–water partition coefficient (Wildman–Crippen LogP) is 4.34. The summed E-state index contributed by atoms with van der Waals surface area (Å²) in [5.74, 6) is 2.34. The van der Waals surface area contributed by atoms with E-state index in [1.165, 1.54) is 11.8 Å². The number of Topliss-reactive ketones (excluding diaryl/α,β-unsaturated/α-hetero) is 1. The smallest absolute Gasteiger partial charge is 0.230 e.